The van der Waals surface area contributed by atoms with Crippen LogP contribution in [0.4, 0.5) is 5.69 Å². The number of hydrogen-bond donors (Lipinski definition) is 2. The lowest BCUT2D eigenvalue weighted by Crippen LogP contribution is -2.22. The van der Waals surface area contributed by atoms with E-state index in [4.69, 9.17) is 11.6 Å². The van der Waals surface area contributed by atoms with Gasteiger partial charge in [0.05, 0.1) is 5.71 Å². The number of hydrogen-bond acceptors (Lipinski definition) is 3. The molecule has 5 nitrogen and oxygen atoms in total. The fourth-order valence-corrected chi connectivity index (χ4v) is 2.48. The van der Waals surface area contributed by atoms with Gasteiger partial charge < -0.3 is 5.32 Å². The first kappa shape index (κ1) is 19.7. The van der Waals surface area contributed by atoms with Crippen LogP contribution in [0.1, 0.15) is 36.5 Å². The van der Waals surface area contributed by atoms with Crippen LogP contribution in [0.5, 0.6) is 0 Å². The largest absolute Gasteiger partial charge is 0.326 e. The minimum absolute atomic E-state index is 0.0636. The number of halogens is 1. The van der Waals surface area contributed by atoms with Crippen molar-refractivity contribution < 1.29 is 9.59 Å². The van der Waals surface area contributed by atoms with Gasteiger partial charge >= 0.3 is 0 Å². The fraction of sp³-hybridized carbons (Fsp3) is 0.250. The van der Waals surface area contributed by atoms with Crippen LogP contribution in [-0.2, 0) is 9.59 Å². The first-order valence-corrected chi connectivity index (χ1v) is 8.69. The number of carbonyl (C=O) groups excluding carboxylic acids is 2. The Morgan fingerprint density at radius 2 is 1.65 bits per heavy atom. The number of amides is 2. The zero-order chi connectivity index (χ0) is 19.1. The topological polar surface area (TPSA) is 70.6 Å². The highest BCUT2D eigenvalue weighted by atomic mass is 35.5. The Kier molecular flexibility index (Phi) is 6.92. The van der Waals surface area contributed by atoms with Crippen molar-refractivity contribution in [2.45, 2.75) is 33.6 Å². The van der Waals surface area contributed by atoms with Gasteiger partial charge in [0, 0.05) is 23.6 Å². The van der Waals surface area contributed by atoms with Gasteiger partial charge in [-0.15, -0.1) is 0 Å². The highest BCUT2D eigenvalue weighted by Gasteiger charge is 2.08. The lowest BCUT2D eigenvalue weighted by molar-refractivity contribution is -0.124. The summed E-state index contributed by atoms with van der Waals surface area (Å²) in [6.45, 7) is 5.72. The molecule has 2 amide bonds. The number of hydrazone groups is 1. The summed E-state index contributed by atoms with van der Waals surface area (Å²) in [6, 6.07) is 13.0. The Morgan fingerprint density at radius 1 is 1.00 bits per heavy atom. The van der Waals surface area contributed by atoms with Crippen molar-refractivity contribution >= 4 is 34.8 Å². The molecule has 0 bridgehead atoms. The molecule has 0 aromatic heterocycles. The molecule has 0 fully saturated rings. The first-order valence-electron chi connectivity index (χ1n) is 8.31. The van der Waals surface area contributed by atoms with Crippen LogP contribution >= 0.6 is 11.6 Å². The molecule has 0 unspecified atom stereocenters. The Hall–Kier alpha value is -2.66. The van der Waals surface area contributed by atoms with Gasteiger partial charge in [-0.25, -0.2) is 5.43 Å². The Labute approximate surface area is 158 Å². The van der Waals surface area contributed by atoms with Gasteiger partial charge in [-0.1, -0.05) is 41.4 Å². The Morgan fingerprint density at radius 3 is 2.31 bits per heavy atom. The molecular weight excluding hydrogens is 350 g/mol. The minimum Gasteiger partial charge on any atom is -0.326 e. The number of aryl methyl sites for hydroxylation is 2. The minimum atomic E-state index is -0.311. The van der Waals surface area contributed by atoms with Crippen LogP contribution in [-0.4, -0.2) is 17.5 Å². The summed E-state index contributed by atoms with van der Waals surface area (Å²) in [6.07, 6.45) is 0.156. The summed E-state index contributed by atoms with van der Waals surface area (Å²) < 4.78 is 0. The molecule has 0 spiro atoms. The number of rotatable bonds is 6. The molecule has 6 heteroatoms. The fourth-order valence-electron chi connectivity index (χ4n) is 2.35. The van der Waals surface area contributed by atoms with Gasteiger partial charge in [0.15, 0.2) is 0 Å². The zero-order valence-electron chi connectivity index (χ0n) is 15.1. The van der Waals surface area contributed by atoms with Crippen molar-refractivity contribution in [3.8, 4) is 0 Å². The maximum Gasteiger partial charge on any atom is 0.240 e. The van der Waals surface area contributed by atoms with E-state index in [9.17, 15) is 9.59 Å². The van der Waals surface area contributed by atoms with E-state index < -0.39 is 0 Å². The van der Waals surface area contributed by atoms with Gasteiger partial charge in [0.25, 0.3) is 0 Å². The predicted octanol–water partition coefficient (Wildman–Crippen LogP) is 4.22. The third-order valence-electron chi connectivity index (χ3n) is 3.85. The summed E-state index contributed by atoms with van der Waals surface area (Å²) in [5.74, 6) is -0.514. The summed E-state index contributed by atoms with van der Waals surface area (Å²) in [4.78, 5) is 23.9. The normalized spacial score (nSPS) is 11.2. The van der Waals surface area contributed by atoms with Crippen molar-refractivity contribution in [2.75, 3.05) is 5.32 Å². The maximum atomic E-state index is 12.0. The smallest absolute Gasteiger partial charge is 0.240 e. The SMILES string of the molecule is C/C(=N/NC(=O)CCC(=O)Nc1ccc(C)cc1C)c1ccc(Cl)cc1. The van der Waals surface area contributed by atoms with Gasteiger partial charge in [-0.05, 0) is 50.1 Å². The van der Waals surface area contributed by atoms with E-state index in [1.165, 1.54) is 0 Å². The number of carbonyl (C=O) groups is 2. The van der Waals surface area contributed by atoms with Crippen LogP contribution in [0.15, 0.2) is 47.6 Å². The lowest BCUT2D eigenvalue weighted by Gasteiger charge is -2.09. The van der Waals surface area contributed by atoms with Crippen molar-refractivity contribution in [3.63, 3.8) is 0 Å². The number of anilines is 1. The molecule has 0 radical (unpaired) electrons. The summed E-state index contributed by atoms with van der Waals surface area (Å²) >= 11 is 5.84. The first-order chi connectivity index (χ1) is 12.3. The molecule has 136 valence electrons. The maximum absolute atomic E-state index is 12.0. The number of nitrogens with zero attached hydrogens (tertiary/aromatic N) is 1. The molecule has 2 aromatic rings. The second-order valence-electron chi connectivity index (χ2n) is 6.11. The van der Waals surface area contributed by atoms with Gasteiger partial charge in [0.2, 0.25) is 11.8 Å². The second-order valence-corrected chi connectivity index (χ2v) is 6.54. The van der Waals surface area contributed by atoms with Gasteiger partial charge in [-0.2, -0.15) is 5.10 Å². The molecule has 2 N–H and O–H groups in total. The number of benzene rings is 2. The zero-order valence-corrected chi connectivity index (χ0v) is 15.9. The van der Waals surface area contributed by atoms with E-state index in [0.717, 1.165) is 22.4 Å². The summed E-state index contributed by atoms with van der Waals surface area (Å²) in [7, 11) is 0. The molecule has 0 aliphatic heterocycles. The van der Waals surface area contributed by atoms with E-state index in [0.29, 0.717) is 10.7 Å². The molecule has 2 aromatic carbocycles. The predicted molar refractivity (Wildman–Crippen MR) is 106 cm³/mol. The van der Waals surface area contributed by atoms with E-state index in [1.54, 1.807) is 19.1 Å². The second kappa shape index (κ2) is 9.15. The summed E-state index contributed by atoms with van der Waals surface area (Å²) in [5.41, 5.74) is 6.88. The Balaban J connectivity index is 1.81. The van der Waals surface area contributed by atoms with Crippen molar-refractivity contribution in [1.29, 1.82) is 0 Å². The van der Waals surface area contributed by atoms with Gasteiger partial charge in [0.1, 0.15) is 0 Å². The van der Waals surface area contributed by atoms with Crippen molar-refractivity contribution in [2.24, 2.45) is 5.10 Å². The highest BCUT2D eigenvalue weighted by Crippen LogP contribution is 2.16. The molecule has 0 saturated carbocycles. The molecule has 0 saturated heterocycles. The lowest BCUT2D eigenvalue weighted by atomic mass is 10.1. The molecule has 0 heterocycles. The molecule has 0 aliphatic rings. The van der Waals surface area contributed by atoms with E-state index in [-0.39, 0.29) is 24.7 Å². The van der Waals surface area contributed by atoms with Gasteiger partial charge in [-0.3, -0.25) is 9.59 Å². The molecule has 0 aliphatic carbocycles. The number of nitrogens with one attached hydrogen (secondary N) is 2. The van der Waals surface area contributed by atoms with E-state index in [2.05, 4.69) is 15.8 Å². The summed E-state index contributed by atoms with van der Waals surface area (Å²) in [5, 5.41) is 7.51. The van der Waals surface area contributed by atoms with Crippen LogP contribution in [0.3, 0.4) is 0 Å². The third-order valence-corrected chi connectivity index (χ3v) is 4.10. The average molecular weight is 372 g/mol. The van der Waals surface area contributed by atoms with E-state index >= 15 is 0 Å². The Bertz CT molecular complexity index is 829. The molecule has 2 rings (SSSR count). The van der Waals surface area contributed by atoms with E-state index in [1.807, 2.05) is 44.2 Å². The van der Waals surface area contributed by atoms with Crippen molar-refractivity contribution in [1.82, 2.24) is 5.43 Å². The monoisotopic (exact) mass is 371 g/mol. The molecular formula is C20H22ClN3O2. The quantitative estimate of drug-likeness (QED) is 0.589. The average Bonchev–Trinajstić information content (AvgIpc) is 2.61. The molecule has 26 heavy (non-hydrogen) atoms. The highest BCUT2D eigenvalue weighted by molar-refractivity contribution is 6.30. The third kappa shape index (κ3) is 6.01. The standard InChI is InChI=1S/C20H22ClN3O2/c1-13-4-9-18(14(2)12-13)22-19(25)10-11-20(26)24-23-15(3)16-5-7-17(21)8-6-16/h4-9,12H,10-11H2,1-3H3,(H,22,25)(H,24,26)/b23-15-. The van der Waals surface area contributed by atoms with Crippen molar-refractivity contribution in [3.05, 3.63) is 64.2 Å². The molecule has 0 atom stereocenters. The van der Waals surface area contributed by atoms with Crippen LogP contribution < -0.4 is 10.7 Å². The van der Waals surface area contributed by atoms with Crippen LogP contribution in [0.2, 0.25) is 5.02 Å². The van der Waals surface area contributed by atoms with Crippen LogP contribution in [0.25, 0.3) is 0 Å². The van der Waals surface area contributed by atoms with Crippen LogP contribution in [0, 0.1) is 13.8 Å².